The van der Waals surface area contributed by atoms with E-state index >= 15 is 0 Å². The standard InChI is InChI=1S/C18H22FN3O2/c1-3-24-18(23)13-9-12(13)16-20-17-14(19)10-15(22(17)21(16)2)11-7-5-4-6-8-11/h4-8,12-16H,3,9-10H2,1-2H3/t12-,13-,14+,15+,16?/m1/s1. The number of amidine groups is 1. The highest BCUT2D eigenvalue weighted by atomic mass is 19.1. The zero-order valence-electron chi connectivity index (χ0n) is 13.9. The van der Waals surface area contributed by atoms with E-state index in [1.807, 2.05) is 54.3 Å². The van der Waals surface area contributed by atoms with E-state index in [4.69, 9.17) is 4.74 Å². The van der Waals surface area contributed by atoms with Crippen molar-refractivity contribution in [3.8, 4) is 0 Å². The molecule has 0 aromatic heterocycles. The van der Waals surface area contributed by atoms with Crippen LogP contribution >= 0.6 is 0 Å². The van der Waals surface area contributed by atoms with E-state index in [1.165, 1.54) is 0 Å². The van der Waals surface area contributed by atoms with Gasteiger partial charge in [-0.1, -0.05) is 30.3 Å². The molecule has 4 rings (SSSR count). The number of nitrogens with zero attached hydrogens (tertiary/aromatic N) is 3. The first-order chi connectivity index (χ1) is 11.6. The van der Waals surface area contributed by atoms with Crippen LogP contribution in [-0.4, -0.2) is 47.8 Å². The molecule has 2 fully saturated rings. The van der Waals surface area contributed by atoms with Crippen LogP contribution in [0.1, 0.15) is 31.4 Å². The van der Waals surface area contributed by atoms with Crippen molar-refractivity contribution >= 4 is 11.8 Å². The lowest BCUT2D eigenvalue weighted by Crippen LogP contribution is -2.42. The van der Waals surface area contributed by atoms with Crippen molar-refractivity contribution in [1.29, 1.82) is 0 Å². The van der Waals surface area contributed by atoms with E-state index in [0.717, 1.165) is 12.0 Å². The van der Waals surface area contributed by atoms with Crippen molar-refractivity contribution in [2.24, 2.45) is 16.8 Å². The summed E-state index contributed by atoms with van der Waals surface area (Å²) in [4.78, 5) is 16.5. The van der Waals surface area contributed by atoms with Gasteiger partial charge in [0, 0.05) is 19.4 Å². The first-order valence-electron chi connectivity index (χ1n) is 8.57. The molecule has 3 aliphatic rings. The Hall–Kier alpha value is -1.95. The van der Waals surface area contributed by atoms with Gasteiger partial charge >= 0.3 is 5.97 Å². The Labute approximate surface area is 141 Å². The predicted octanol–water partition coefficient (Wildman–Crippen LogP) is 2.56. The first-order valence-corrected chi connectivity index (χ1v) is 8.57. The smallest absolute Gasteiger partial charge is 0.309 e. The normalized spacial score (nSPS) is 34.9. The highest BCUT2D eigenvalue weighted by molar-refractivity contribution is 5.90. The Morgan fingerprint density at radius 3 is 2.79 bits per heavy atom. The Balaban J connectivity index is 1.53. The first kappa shape index (κ1) is 15.6. The van der Waals surface area contributed by atoms with Gasteiger partial charge in [0.05, 0.1) is 18.6 Å². The van der Waals surface area contributed by atoms with Gasteiger partial charge in [-0.15, -0.1) is 0 Å². The number of fused-ring (bicyclic) bond motifs is 1. The summed E-state index contributed by atoms with van der Waals surface area (Å²) < 4.78 is 19.6. The zero-order valence-corrected chi connectivity index (χ0v) is 13.9. The minimum Gasteiger partial charge on any atom is -0.466 e. The molecule has 0 bridgehead atoms. The fourth-order valence-electron chi connectivity index (χ4n) is 3.96. The summed E-state index contributed by atoms with van der Waals surface area (Å²) in [5, 5.41) is 3.99. The van der Waals surface area contributed by atoms with Gasteiger partial charge < -0.3 is 4.74 Å². The topological polar surface area (TPSA) is 45.1 Å². The third-order valence-electron chi connectivity index (χ3n) is 5.22. The average Bonchev–Trinajstić information content (AvgIpc) is 3.21. The van der Waals surface area contributed by atoms with E-state index < -0.39 is 6.17 Å². The van der Waals surface area contributed by atoms with Gasteiger partial charge in [-0.2, -0.15) is 5.01 Å². The third kappa shape index (κ3) is 2.40. The van der Waals surface area contributed by atoms with E-state index in [0.29, 0.717) is 18.9 Å². The molecule has 1 aliphatic carbocycles. The molecule has 2 aliphatic heterocycles. The van der Waals surface area contributed by atoms with Crippen LogP contribution in [0.4, 0.5) is 4.39 Å². The molecule has 24 heavy (non-hydrogen) atoms. The van der Waals surface area contributed by atoms with E-state index in [2.05, 4.69) is 4.99 Å². The minimum atomic E-state index is -1.05. The molecular weight excluding hydrogens is 309 g/mol. The molecular formula is C18H22FN3O2. The summed E-state index contributed by atoms with van der Waals surface area (Å²) in [7, 11) is 1.94. The maximum Gasteiger partial charge on any atom is 0.309 e. The van der Waals surface area contributed by atoms with Gasteiger partial charge in [0.15, 0.2) is 12.0 Å². The highest BCUT2D eigenvalue weighted by Gasteiger charge is 2.56. The molecule has 128 valence electrons. The maximum atomic E-state index is 14.5. The van der Waals surface area contributed by atoms with Crippen LogP contribution in [0.2, 0.25) is 0 Å². The number of benzene rings is 1. The molecule has 1 saturated carbocycles. The predicted molar refractivity (Wildman–Crippen MR) is 87.8 cm³/mol. The van der Waals surface area contributed by atoms with Crippen LogP contribution in [0.15, 0.2) is 35.3 Å². The van der Waals surface area contributed by atoms with E-state index in [-0.39, 0.29) is 30.0 Å². The number of carbonyl (C=O) groups excluding carboxylic acids is 1. The Morgan fingerprint density at radius 2 is 2.08 bits per heavy atom. The number of aliphatic imine (C=N–C) groups is 1. The summed E-state index contributed by atoms with van der Waals surface area (Å²) in [5.41, 5.74) is 1.09. The molecule has 1 aromatic carbocycles. The lowest BCUT2D eigenvalue weighted by molar-refractivity contribution is -0.145. The second-order valence-corrected chi connectivity index (χ2v) is 6.71. The SMILES string of the molecule is CCOC(=O)[C@@H]1C[C@H]1C1N=C2[C@@H](F)C[C@@H](c3ccccc3)N2N1C. The average molecular weight is 331 g/mol. The number of alkyl halides is 1. The fraction of sp³-hybridized carbons (Fsp3) is 0.556. The van der Waals surface area contributed by atoms with Gasteiger partial charge in [0.1, 0.15) is 6.17 Å². The lowest BCUT2D eigenvalue weighted by Gasteiger charge is -2.32. The summed E-state index contributed by atoms with van der Waals surface area (Å²) in [5.74, 6) is 0.371. The minimum absolute atomic E-state index is 0.0326. The van der Waals surface area contributed by atoms with Crippen LogP contribution in [0.25, 0.3) is 0 Å². The second-order valence-electron chi connectivity index (χ2n) is 6.71. The maximum absolute atomic E-state index is 14.5. The molecule has 0 amide bonds. The van der Waals surface area contributed by atoms with Crippen molar-refractivity contribution in [1.82, 2.24) is 10.0 Å². The van der Waals surface area contributed by atoms with Crippen molar-refractivity contribution in [3.63, 3.8) is 0 Å². The molecule has 1 aromatic rings. The molecule has 0 spiro atoms. The number of carbonyl (C=O) groups is 1. The van der Waals surface area contributed by atoms with Crippen LogP contribution in [0, 0.1) is 11.8 Å². The van der Waals surface area contributed by atoms with Gasteiger partial charge in [0.2, 0.25) is 0 Å². The quantitative estimate of drug-likeness (QED) is 0.796. The fourth-order valence-corrected chi connectivity index (χ4v) is 3.96. The molecule has 0 N–H and O–H groups in total. The van der Waals surface area contributed by atoms with E-state index in [9.17, 15) is 9.18 Å². The summed E-state index contributed by atoms with van der Waals surface area (Å²) in [6.07, 6.45) is -0.0290. The monoisotopic (exact) mass is 331 g/mol. The number of hydrazine groups is 1. The number of halogens is 1. The highest BCUT2D eigenvalue weighted by Crippen LogP contribution is 2.49. The molecule has 1 saturated heterocycles. The van der Waals surface area contributed by atoms with Crippen molar-refractivity contribution in [2.45, 2.75) is 38.1 Å². The van der Waals surface area contributed by atoms with Crippen LogP contribution in [0.5, 0.6) is 0 Å². The second kappa shape index (κ2) is 5.84. The van der Waals surface area contributed by atoms with Crippen molar-refractivity contribution < 1.29 is 13.9 Å². The van der Waals surface area contributed by atoms with Gasteiger partial charge in [0.25, 0.3) is 0 Å². The van der Waals surface area contributed by atoms with Crippen molar-refractivity contribution in [3.05, 3.63) is 35.9 Å². The van der Waals surface area contributed by atoms with Crippen molar-refractivity contribution in [2.75, 3.05) is 13.7 Å². The van der Waals surface area contributed by atoms with Gasteiger partial charge in [-0.3, -0.25) is 9.80 Å². The zero-order chi connectivity index (χ0) is 16.8. The van der Waals surface area contributed by atoms with Gasteiger partial charge in [-0.05, 0) is 18.9 Å². The van der Waals surface area contributed by atoms with Gasteiger partial charge in [-0.25, -0.2) is 9.38 Å². The molecule has 5 nitrogen and oxygen atoms in total. The number of hydrogen-bond acceptors (Lipinski definition) is 5. The number of hydrogen-bond donors (Lipinski definition) is 0. The Kier molecular flexibility index (Phi) is 3.79. The number of rotatable bonds is 4. The number of esters is 1. The molecule has 0 radical (unpaired) electrons. The molecule has 2 heterocycles. The Morgan fingerprint density at radius 1 is 1.33 bits per heavy atom. The van der Waals surface area contributed by atoms with E-state index in [1.54, 1.807) is 0 Å². The molecule has 6 heteroatoms. The van der Waals surface area contributed by atoms with Crippen LogP contribution in [-0.2, 0) is 9.53 Å². The Bertz CT molecular complexity index is 665. The summed E-state index contributed by atoms with van der Waals surface area (Å²) in [6.45, 7) is 2.21. The number of ether oxygens (including phenoxy) is 1. The van der Waals surface area contributed by atoms with Crippen LogP contribution in [0.3, 0.4) is 0 Å². The largest absolute Gasteiger partial charge is 0.466 e. The van der Waals surface area contributed by atoms with Crippen LogP contribution < -0.4 is 0 Å². The third-order valence-corrected chi connectivity index (χ3v) is 5.22. The summed E-state index contributed by atoms with van der Waals surface area (Å²) >= 11 is 0. The molecule has 1 unspecified atom stereocenters. The lowest BCUT2D eigenvalue weighted by atomic mass is 10.0. The summed E-state index contributed by atoms with van der Waals surface area (Å²) in [6, 6.07) is 9.94. The molecule has 5 atom stereocenters.